The van der Waals surface area contributed by atoms with E-state index in [4.69, 9.17) is 0 Å². The van der Waals surface area contributed by atoms with Crippen LogP contribution in [0.4, 0.5) is 4.79 Å². The molecular formula is C20H25N3O3. The highest BCUT2D eigenvalue weighted by atomic mass is 16.2. The average molecular weight is 355 g/mol. The van der Waals surface area contributed by atoms with Crippen molar-refractivity contribution in [3.63, 3.8) is 0 Å². The Morgan fingerprint density at radius 1 is 1.08 bits per heavy atom. The number of urea groups is 1. The van der Waals surface area contributed by atoms with Gasteiger partial charge in [-0.1, -0.05) is 24.3 Å². The molecule has 0 unspecified atom stereocenters. The largest absolute Gasteiger partial charge is 0.342 e. The van der Waals surface area contributed by atoms with Gasteiger partial charge in [-0.05, 0) is 43.2 Å². The minimum absolute atomic E-state index is 0.0280. The van der Waals surface area contributed by atoms with Crippen LogP contribution in [0.3, 0.4) is 0 Å². The maximum Gasteiger partial charge on any atom is 0.327 e. The topological polar surface area (TPSA) is 60.9 Å². The summed E-state index contributed by atoms with van der Waals surface area (Å²) in [5.41, 5.74) is 1.87. The molecule has 0 N–H and O–H groups in total. The molecule has 1 aromatic rings. The lowest BCUT2D eigenvalue weighted by Gasteiger charge is -2.42. The fourth-order valence-electron chi connectivity index (χ4n) is 4.76. The minimum Gasteiger partial charge on any atom is -0.342 e. The summed E-state index contributed by atoms with van der Waals surface area (Å²) >= 11 is 0. The molecule has 2 heterocycles. The first kappa shape index (κ1) is 17.1. The fourth-order valence-corrected chi connectivity index (χ4v) is 4.76. The fraction of sp³-hybridized carbons (Fsp3) is 0.550. The number of likely N-dealkylation sites (N-methyl/N-ethyl adjacent to an activating group) is 2. The Kier molecular flexibility index (Phi) is 4.01. The van der Waals surface area contributed by atoms with Gasteiger partial charge in [-0.25, -0.2) is 4.79 Å². The number of hydrogen-bond acceptors (Lipinski definition) is 3. The Balaban J connectivity index is 1.43. The van der Waals surface area contributed by atoms with E-state index >= 15 is 0 Å². The van der Waals surface area contributed by atoms with E-state index in [0.29, 0.717) is 25.9 Å². The molecule has 2 aliphatic heterocycles. The van der Waals surface area contributed by atoms with Gasteiger partial charge in [0.1, 0.15) is 5.54 Å². The van der Waals surface area contributed by atoms with Gasteiger partial charge in [-0.3, -0.25) is 14.5 Å². The summed E-state index contributed by atoms with van der Waals surface area (Å²) in [7, 11) is 3.23. The number of amides is 4. The van der Waals surface area contributed by atoms with Gasteiger partial charge in [0.15, 0.2) is 0 Å². The number of piperidine rings is 1. The molecular weight excluding hydrogens is 330 g/mol. The van der Waals surface area contributed by atoms with E-state index in [2.05, 4.69) is 18.2 Å². The minimum atomic E-state index is -0.762. The SMILES string of the molecule is CN1C(=O)N(C)C2(CCN(C(=O)[C@@H]3CCc4ccccc4C3)CC2)C1=O. The third kappa shape index (κ3) is 2.42. The van der Waals surface area contributed by atoms with E-state index in [1.165, 1.54) is 23.1 Å². The van der Waals surface area contributed by atoms with Crippen molar-refractivity contribution in [2.75, 3.05) is 27.2 Å². The Bertz CT molecular complexity index is 767. The maximum atomic E-state index is 13.0. The summed E-state index contributed by atoms with van der Waals surface area (Å²) in [6, 6.07) is 8.10. The van der Waals surface area contributed by atoms with Crippen LogP contribution >= 0.6 is 0 Å². The second kappa shape index (κ2) is 6.11. The van der Waals surface area contributed by atoms with Crippen LogP contribution in [0.1, 0.15) is 30.4 Å². The van der Waals surface area contributed by atoms with Gasteiger partial charge in [-0.15, -0.1) is 0 Å². The first-order valence-corrected chi connectivity index (χ1v) is 9.35. The van der Waals surface area contributed by atoms with Gasteiger partial charge in [0, 0.05) is 33.1 Å². The molecule has 1 atom stereocenters. The molecule has 4 rings (SSSR count). The summed E-state index contributed by atoms with van der Waals surface area (Å²) in [5.74, 6) is 0.0890. The van der Waals surface area contributed by atoms with E-state index in [-0.39, 0.29) is 23.8 Å². The molecule has 138 valence electrons. The zero-order valence-corrected chi connectivity index (χ0v) is 15.4. The summed E-state index contributed by atoms with van der Waals surface area (Å²) in [4.78, 5) is 42.4. The Hall–Kier alpha value is -2.37. The van der Waals surface area contributed by atoms with E-state index in [1.54, 1.807) is 11.9 Å². The second-order valence-corrected chi connectivity index (χ2v) is 7.77. The molecule has 0 saturated carbocycles. The molecule has 1 aromatic carbocycles. The maximum absolute atomic E-state index is 13.0. The molecule has 0 bridgehead atoms. The standard InChI is InChI=1S/C20H25N3O3/c1-21-18(25)20(22(2)19(21)26)9-11-23(12-10-20)17(24)16-8-7-14-5-3-4-6-15(14)13-16/h3-6,16H,7-13H2,1-2H3/t16-/m1/s1. The lowest BCUT2D eigenvalue weighted by molar-refractivity contribution is -0.142. The number of fused-ring (bicyclic) bond motifs is 1. The van der Waals surface area contributed by atoms with Crippen LogP contribution < -0.4 is 0 Å². The highest BCUT2D eigenvalue weighted by Gasteiger charge is 2.55. The molecule has 2 fully saturated rings. The Labute approximate surface area is 153 Å². The number of nitrogens with zero attached hydrogens (tertiary/aromatic N) is 3. The van der Waals surface area contributed by atoms with Crippen molar-refractivity contribution in [2.24, 2.45) is 5.92 Å². The van der Waals surface area contributed by atoms with Crippen molar-refractivity contribution in [3.05, 3.63) is 35.4 Å². The zero-order chi connectivity index (χ0) is 18.5. The molecule has 2 saturated heterocycles. The lowest BCUT2D eigenvalue weighted by atomic mass is 9.81. The van der Waals surface area contributed by atoms with Gasteiger partial charge in [-0.2, -0.15) is 0 Å². The summed E-state index contributed by atoms with van der Waals surface area (Å²) < 4.78 is 0. The van der Waals surface area contributed by atoms with Gasteiger partial charge in [0.05, 0.1) is 0 Å². The van der Waals surface area contributed by atoms with Crippen molar-refractivity contribution in [1.82, 2.24) is 14.7 Å². The highest BCUT2D eigenvalue weighted by Crippen LogP contribution is 2.36. The monoisotopic (exact) mass is 355 g/mol. The summed E-state index contributed by atoms with van der Waals surface area (Å²) in [5, 5.41) is 0. The smallest absolute Gasteiger partial charge is 0.327 e. The number of benzene rings is 1. The molecule has 3 aliphatic rings. The first-order valence-electron chi connectivity index (χ1n) is 9.35. The van der Waals surface area contributed by atoms with E-state index in [1.807, 2.05) is 11.0 Å². The number of imide groups is 1. The van der Waals surface area contributed by atoms with E-state index in [9.17, 15) is 14.4 Å². The Morgan fingerprint density at radius 3 is 2.35 bits per heavy atom. The van der Waals surface area contributed by atoms with Crippen molar-refractivity contribution in [3.8, 4) is 0 Å². The number of carbonyl (C=O) groups is 3. The predicted octanol–water partition coefficient (Wildman–Crippen LogP) is 1.68. The molecule has 6 nitrogen and oxygen atoms in total. The third-order valence-corrected chi connectivity index (χ3v) is 6.52. The van der Waals surface area contributed by atoms with Crippen molar-refractivity contribution >= 4 is 17.8 Å². The molecule has 0 aromatic heterocycles. The third-order valence-electron chi connectivity index (χ3n) is 6.52. The van der Waals surface area contributed by atoms with Crippen LogP contribution in [0.2, 0.25) is 0 Å². The van der Waals surface area contributed by atoms with Crippen LogP contribution in [0.15, 0.2) is 24.3 Å². The average Bonchev–Trinajstić information content (AvgIpc) is 2.84. The van der Waals surface area contributed by atoms with Crippen LogP contribution in [-0.2, 0) is 22.4 Å². The number of rotatable bonds is 1. The highest BCUT2D eigenvalue weighted by molar-refractivity contribution is 6.06. The molecule has 26 heavy (non-hydrogen) atoms. The number of hydrogen-bond donors (Lipinski definition) is 0. The first-order chi connectivity index (χ1) is 12.4. The van der Waals surface area contributed by atoms with Crippen molar-refractivity contribution in [2.45, 2.75) is 37.6 Å². The molecule has 1 spiro atoms. The quantitative estimate of drug-likeness (QED) is 0.720. The van der Waals surface area contributed by atoms with Crippen molar-refractivity contribution < 1.29 is 14.4 Å². The lowest BCUT2D eigenvalue weighted by Crippen LogP contribution is -2.57. The zero-order valence-electron chi connectivity index (χ0n) is 15.4. The number of aryl methyl sites for hydroxylation is 1. The summed E-state index contributed by atoms with van der Waals surface area (Å²) in [6.45, 7) is 1.07. The molecule has 4 amide bonds. The van der Waals surface area contributed by atoms with Gasteiger partial charge < -0.3 is 9.80 Å². The van der Waals surface area contributed by atoms with Gasteiger partial charge >= 0.3 is 6.03 Å². The summed E-state index contributed by atoms with van der Waals surface area (Å²) in [6.07, 6.45) is 3.68. The van der Waals surface area contributed by atoms with Gasteiger partial charge in [0.2, 0.25) is 5.91 Å². The molecule has 1 aliphatic carbocycles. The normalized spacial score (nSPS) is 25.0. The van der Waals surface area contributed by atoms with Crippen molar-refractivity contribution in [1.29, 1.82) is 0 Å². The van der Waals surface area contributed by atoms with E-state index < -0.39 is 5.54 Å². The number of carbonyl (C=O) groups excluding carboxylic acids is 3. The number of likely N-dealkylation sites (tertiary alicyclic amines) is 1. The van der Waals surface area contributed by atoms with Crippen LogP contribution in [0.25, 0.3) is 0 Å². The van der Waals surface area contributed by atoms with Crippen LogP contribution in [0, 0.1) is 5.92 Å². The predicted molar refractivity (Wildman–Crippen MR) is 96.4 cm³/mol. The van der Waals surface area contributed by atoms with Crippen LogP contribution in [-0.4, -0.2) is 65.3 Å². The van der Waals surface area contributed by atoms with Gasteiger partial charge in [0.25, 0.3) is 5.91 Å². The van der Waals surface area contributed by atoms with Crippen LogP contribution in [0.5, 0.6) is 0 Å². The van der Waals surface area contributed by atoms with E-state index in [0.717, 1.165) is 19.3 Å². The second-order valence-electron chi connectivity index (χ2n) is 7.77. The Morgan fingerprint density at radius 2 is 1.73 bits per heavy atom. The molecule has 6 heteroatoms. The molecule has 0 radical (unpaired) electrons.